The van der Waals surface area contributed by atoms with E-state index in [4.69, 9.17) is 4.42 Å². The summed E-state index contributed by atoms with van der Waals surface area (Å²) in [5.41, 5.74) is 6.94. The van der Waals surface area contributed by atoms with Crippen LogP contribution in [-0.4, -0.2) is 5.91 Å². The van der Waals surface area contributed by atoms with E-state index in [2.05, 4.69) is 52.1 Å². The molecule has 168 valence electrons. The topological polar surface area (TPSA) is 42.2 Å². The lowest BCUT2D eigenvalue weighted by Crippen LogP contribution is -2.34. The first-order valence-electron chi connectivity index (χ1n) is 11.7. The monoisotopic (exact) mass is 429 g/mol. The molecule has 0 spiro atoms. The van der Waals surface area contributed by atoms with Crippen LogP contribution in [0.2, 0.25) is 0 Å². The van der Waals surface area contributed by atoms with E-state index < -0.39 is 0 Å². The van der Waals surface area contributed by atoms with Crippen molar-refractivity contribution in [3.63, 3.8) is 0 Å². The highest BCUT2D eigenvalue weighted by Gasteiger charge is 2.37. The lowest BCUT2D eigenvalue weighted by Gasteiger charge is -2.42. The second-order valence-corrected chi connectivity index (χ2v) is 10.6. The maximum absolute atomic E-state index is 12.7. The number of amides is 1. The standard InChI is InChI=1S/C29H35NO2/c1-19-16-24-25(29(5,6)15-14-28(24,3)4)18-22(19)17-23-12-13-26(32-23)27(31)30-20(2)21-10-8-7-9-11-21/h7-13,16,18,20H,14-15,17H2,1-6H3,(H,30,31). The van der Waals surface area contributed by atoms with Gasteiger partial charge in [-0.15, -0.1) is 0 Å². The van der Waals surface area contributed by atoms with Gasteiger partial charge in [0, 0.05) is 6.42 Å². The van der Waals surface area contributed by atoms with Crippen LogP contribution in [-0.2, 0) is 17.3 Å². The van der Waals surface area contributed by atoms with E-state index in [0.29, 0.717) is 12.2 Å². The Morgan fingerprint density at radius 1 is 0.969 bits per heavy atom. The van der Waals surface area contributed by atoms with Crippen LogP contribution in [0.4, 0.5) is 0 Å². The number of carbonyl (C=O) groups excluding carboxylic acids is 1. The Morgan fingerprint density at radius 2 is 1.59 bits per heavy atom. The molecule has 1 aliphatic carbocycles. The summed E-state index contributed by atoms with van der Waals surface area (Å²) in [7, 11) is 0. The number of rotatable bonds is 5. The van der Waals surface area contributed by atoms with Crippen molar-refractivity contribution in [2.45, 2.75) is 77.7 Å². The molecule has 1 atom stereocenters. The van der Waals surface area contributed by atoms with Gasteiger partial charge < -0.3 is 9.73 Å². The fraction of sp³-hybridized carbons (Fsp3) is 0.414. The van der Waals surface area contributed by atoms with Crippen LogP contribution in [0.3, 0.4) is 0 Å². The molecule has 0 bridgehead atoms. The van der Waals surface area contributed by atoms with E-state index in [-0.39, 0.29) is 22.8 Å². The number of fused-ring (bicyclic) bond motifs is 1. The van der Waals surface area contributed by atoms with E-state index in [1.807, 2.05) is 43.3 Å². The highest BCUT2D eigenvalue weighted by Crippen LogP contribution is 2.46. The molecule has 0 saturated heterocycles. The zero-order valence-electron chi connectivity index (χ0n) is 20.2. The maximum Gasteiger partial charge on any atom is 0.287 e. The minimum Gasteiger partial charge on any atom is -0.456 e. The fourth-order valence-corrected chi connectivity index (χ4v) is 4.83. The molecular formula is C29H35NO2. The van der Waals surface area contributed by atoms with Crippen molar-refractivity contribution in [2.24, 2.45) is 0 Å². The lowest BCUT2D eigenvalue weighted by molar-refractivity contribution is 0.0910. The largest absolute Gasteiger partial charge is 0.456 e. The van der Waals surface area contributed by atoms with Crippen LogP contribution in [0.1, 0.15) is 97.6 Å². The van der Waals surface area contributed by atoms with E-state index >= 15 is 0 Å². The summed E-state index contributed by atoms with van der Waals surface area (Å²) in [6.07, 6.45) is 3.10. The van der Waals surface area contributed by atoms with Crippen LogP contribution < -0.4 is 5.32 Å². The number of nitrogens with one attached hydrogen (secondary N) is 1. The normalized spacial score (nSPS) is 17.4. The summed E-state index contributed by atoms with van der Waals surface area (Å²) in [4.78, 5) is 12.7. The average molecular weight is 430 g/mol. The van der Waals surface area contributed by atoms with Gasteiger partial charge in [-0.1, -0.05) is 70.2 Å². The Bertz CT molecular complexity index is 1120. The van der Waals surface area contributed by atoms with Gasteiger partial charge in [0.1, 0.15) is 5.76 Å². The molecule has 3 nitrogen and oxygen atoms in total. The molecule has 32 heavy (non-hydrogen) atoms. The van der Waals surface area contributed by atoms with Gasteiger partial charge in [-0.05, 0) is 77.5 Å². The highest BCUT2D eigenvalue weighted by atomic mass is 16.3. The molecule has 3 heteroatoms. The van der Waals surface area contributed by atoms with Gasteiger partial charge in [0.2, 0.25) is 0 Å². The van der Waals surface area contributed by atoms with Crippen molar-refractivity contribution in [3.05, 3.63) is 93.9 Å². The molecule has 3 aromatic rings. The first kappa shape index (κ1) is 22.4. The van der Waals surface area contributed by atoms with Gasteiger partial charge in [-0.3, -0.25) is 4.79 Å². The fourth-order valence-electron chi connectivity index (χ4n) is 4.83. The van der Waals surface area contributed by atoms with Crippen LogP contribution in [0, 0.1) is 6.92 Å². The van der Waals surface area contributed by atoms with Crippen LogP contribution in [0.25, 0.3) is 0 Å². The van der Waals surface area contributed by atoms with Gasteiger partial charge in [0.25, 0.3) is 5.91 Å². The Balaban J connectivity index is 1.53. The van der Waals surface area contributed by atoms with Crippen molar-refractivity contribution < 1.29 is 9.21 Å². The molecular weight excluding hydrogens is 394 g/mol. The molecule has 0 radical (unpaired) electrons. The van der Waals surface area contributed by atoms with Crippen LogP contribution >= 0.6 is 0 Å². The number of aryl methyl sites for hydroxylation is 1. The van der Waals surface area contributed by atoms with Crippen molar-refractivity contribution in [1.29, 1.82) is 0 Å². The first-order valence-corrected chi connectivity index (χ1v) is 11.7. The molecule has 1 amide bonds. The quantitative estimate of drug-likeness (QED) is 0.473. The summed E-state index contributed by atoms with van der Waals surface area (Å²) in [6, 6.07) is 18.3. The first-order chi connectivity index (χ1) is 15.1. The summed E-state index contributed by atoms with van der Waals surface area (Å²) in [6.45, 7) is 13.6. The van der Waals surface area contributed by atoms with Gasteiger partial charge in [0.15, 0.2) is 5.76 Å². The SMILES string of the molecule is Cc1cc2c(cc1Cc1ccc(C(=O)NC(C)c3ccccc3)o1)C(C)(C)CCC2(C)C. The Hall–Kier alpha value is -2.81. The third-order valence-electron chi connectivity index (χ3n) is 7.21. The van der Waals surface area contributed by atoms with Gasteiger partial charge >= 0.3 is 0 Å². The van der Waals surface area contributed by atoms with Crippen LogP contribution in [0.5, 0.6) is 0 Å². The second-order valence-electron chi connectivity index (χ2n) is 10.6. The molecule has 1 heterocycles. The van der Waals surface area contributed by atoms with Crippen molar-refractivity contribution in [2.75, 3.05) is 0 Å². The smallest absolute Gasteiger partial charge is 0.287 e. The molecule has 1 aliphatic rings. The number of hydrogen-bond acceptors (Lipinski definition) is 2. The van der Waals surface area contributed by atoms with Crippen molar-refractivity contribution >= 4 is 5.91 Å². The van der Waals surface area contributed by atoms with E-state index in [1.54, 1.807) is 6.07 Å². The molecule has 1 N–H and O–H groups in total. The summed E-state index contributed by atoms with van der Waals surface area (Å²) >= 11 is 0. The third-order valence-corrected chi connectivity index (χ3v) is 7.21. The zero-order chi connectivity index (χ0) is 23.1. The van der Waals surface area contributed by atoms with Crippen LogP contribution in [0.15, 0.2) is 59.0 Å². The second kappa shape index (κ2) is 8.27. The van der Waals surface area contributed by atoms with E-state index in [0.717, 1.165) is 11.3 Å². The zero-order valence-corrected chi connectivity index (χ0v) is 20.2. The Kier molecular flexibility index (Phi) is 5.79. The number of furan rings is 1. The maximum atomic E-state index is 12.7. The van der Waals surface area contributed by atoms with E-state index in [9.17, 15) is 4.79 Å². The van der Waals surface area contributed by atoms with Crippen molar-refractivity contribution in [1.82, 2.24) is 5.32 Å². The van der Waals surface area contributed by atoms with Gasteiger partial charge in [0.05, 0.1) is 6.04 Å². The van der Waals surface area contributed by atoms with Gasteiger partial charge in [-0.2, -0.15) is 0 Å². The Morgan fingerprint density at radius 3 is 2.25 bits per heavy atom. The molecule has 1 unspecified atom stereocenters. The predicted octanol–water partition coefficient (Wildman–Crippen LogP) is 7.02. The van der Waals surface area contributed by atoms with Crippen molar-refractivity contribution in [3.8, 4) is 0 Å². The lowest BCUT2D eigenvalue weighted by atomic mass is 9.62. The third kappa shape index (κ3) is 4.39. The molecule has 0 fully saturated rings. The summed E-state index contributed by atoms with van der Waals surface area (Å²) in [5.74, 6) is 0.996. The number of hydrogen-bond donors (Lipinski definition) is 1. The summed E-state index contributed by atoms with van der Waals surface area (Å²) in [5, 5.41) is 3.03. The minimum atomic E-state index is -0.183. The molecule has 4 rings (SSSR count). The molecule has 1 aromatic heterocycles. The number of carbonyl (C=O) groups is 1. The molecule has 2 aromatic carbocycles. The van der Waals surface area contributed by atoms with E-state index in [1.165, 1.54) is 35.1 Å². The highest BCUT2D eigenvalue weighted by molar-refractivity contribution is 5.91. The molecule has 0 aliphatic heterocycles. The minimum absolute atomic E-state index is 0.0780. The summed E-state index contributed by atoms with van der Waals surface area (Å²) < 4.78 is 5.97. The molecule has 0 saturated carbocycles. The predicted molar refractivity (Wildman–Crippen MR) is 130 cm³/mol. The number of benzene rings is 2. The van der Waals surface area contributed by atoms with Gasteiger partial charge in [-0.25, -0.2) is 0 Å². The Labute approximate surface area is 192 Å². The average Bonchev–Trinajstić information content (AvgIpc) is 3.22.